The molecule has 5 nitrogen and oxygen atoms in total. The number of nitrogens with two attached hydrogens (primary N) is 1. The lowest BCUT2D eigenvalue weighted by molar-refractivity contribution is -0.119. The number of benzene rings is 1. The van der Waals surface area contributed by atoms with Gasteiger partial charge in [-0.1, -0.05) is 6.07 Å². The number of hydrogen-bond acceptors (Lipinski definition) is 4. The second-order valence-corrected chi connectivity index (χ2v) is 6.15. The fraction of sp³-hybridized carbons (Fsp3) is 0.412. The van der Waals surface area contributed by atoms with E-state index in [1.54, 1.807) is 0 Å². The van der Waals surface area contributed by atoms with Crippen LogP contribution < -0.4 is 15.5 Å². The highest BCUT2D eigenvalue weighted by Gasteiger charge is 2.38. The highest BCUT2D eigenvalue weighted by atomic mass is 16.2. The molecule has 3 rings (SSSR count). The molecule has 1 aliphatic carbocycles. The van der Waals surface area contributed by atoms with Crippen LogP contribution in [0.1, 0.15) is 25.3 Å². The Morgan fingerprint density at radius 2 is 2.09 bits per heavy atom. The predicted octanol–water partition coefficient (Wildman–Crippen LogP) is 2.22. The minimum Gasteiger partial charge on any atom is -0.404 e. The molecule has 1 fully saturated rings. The van der Waals surface area contributed by atoms with Crippen LogP contribution >= 0.6 is 0 Å². The molecule has 22 heavy (non-hydrogen) atoms. The van der Waals surface area contributed by atoms with E-state index >= 15 is 0 Å². The van der Waals surface area contributed by atoms with Crippen molar-refractivity contribution < 1.29 is 4.79 Å². The third-order valence-electron chi connectivity index (χ3n) is 4.62. The Kier molecular flexibility index (Phi) is 3.64. The summed E-state index contributed by atoms with van der Waals surface area (Å²) in [5.74, 6) is 0.422. The SMILES string of the molecule is CC1CN(C(=O)C2CC2)c2cc(/C(C=N)=C/N)ccc2N1C. The molecule has 1 aromatic carbocycles. The number of anilines is 2. The maximum absolute atomic E-state index is 12.6. The summed E-state index contributed by atoms with van der Waals surface area (Å²) in [7, 11) is 2.05. The maximum Gasteiger partial charge on any atom is 0.230 e. The van der Waals surface area contributed by atoms with Crippen LogP contribution in [0.3, 0.4) is 0 Å². The average Bonchev–Trinajstić information content (AvgIpc) is 3.36. The van der Waals surface area contributed by atoms with E-state index in [1.165, 1.54) is 12.4 Å². The number of amides is 1. The Bertz CT molecular complexity index is 648. The van der Waals surface area contributed by atoms with E-state index in [0.717, 1.165) is 29.8 Å². The Balaban J connectivity index is 2.07. The number of carbonyl (C=O) groups excluding carboxylic acids is 1. The first kappa shape index (κ1) is 14.6. The van der Waals surface area contributed by atoms with E-state index in [2.05, 4.69) is 18.9 Å². The van der Waals surface area contributed by atoms with Crippen LogP contribution in [0.5, 0.6) is 0 Å². The number of hydrogen-bond donors (Lipinski definition) is 2. The molecule has 116 valence electrons. The normalized spacial score (nSPS) is 21.5. The zero-order valence-corrected chi connectivity index (χ0v) is 13.0. The average molecular weight is 298 g/mol. The molecule has 1 amide bonds. The van der Waals surface area contributed by atoms with Crippen molar-refractivity contribution in [1.29, 1.82) is 5.41 Å². The van der Waals surface area contributed by atoms with Gasteiger partial charge in [0, 0.05) is 43.5 Å². The minimum absolute atomic E-state index is 0.194. The van der Waals surface area contributed by atoms with Crippen molar-refractivity contribution in [3.05, 3.63) is 30.0 Å². The maximum atomic E-state index is 12.6. The number of nitrogens with zero attached hydrogens (tertiary/aromatic N) is 2. The monoisotopic (exact) mass is 298 g/mol. The third-order valence-corrected chi connectivity index (χ3v) is 4.62. The summed E-state index contributed by atoms with van der Waals surface area (Å²) in [6.07, 6.45) is 4.67. The van der Waals surface area contributed by atoms with Crippen molar-refractivity contribution in [3.63, 3.8) is 0 Å². The van der Waals surface area contributed by atoms with Gasteiger partial charge in [-0.25, -0.2) is 0 Å². The highest BCUT2D eigenvalue weighted by Crippen LogP contribution is 2.40. The zero-order chi connectivity index (χ0) is 15.9. The van der Waals surface area contributed by atoms with Crippen LogP contribution in [0, 0.1) is 11.3 Å². The number of rotatable bonds is 3. The third kappa shape index (κ3) is 2.36. The summed E-state index contributed by atoms with van der Waals surface area (Å²) in [5, 5.41) is 7.46. The van der Waals surface area contributed by atoms with Gasteiger partial charge in [0.25, 0.3) is 0 Å². The molecule has 1 aromatic rings. The molecular formula is C17H22N4O. The molecule has 1 heterocycles. The fourth-order valence-electron chi connectivity index (χ4n) is 2.93. The number of allylic oxidation sites excluding steroid dienone is 1. The van der Waals surface area contributed by atoms with E-state index < -0.39 is 0 Å². The summed E-state index contributed by atoms with van der Waals surface area (Å²) in [4.78, 5) is 16.7. The van der Waals surface area contributed by atoms with Crippen molar-refractivity contribution in [2.24, 2.45) is 11.7 Å². The fourth-order valence-corrected chi connectivity index (χ4v) is 2.93. The Hall–Kier alpha value is -2.30. The molecular weight excluding hydrogens is 276 g/mol. The van der Waals surface area contributed by atoms with Gasteiger partial charge in [0.1, 0.15) is 0 Å². The molecule has 0 bridgehead atoms. The first-order valence-corrected chi connectivity index (χ1v) is 7.67. The lowest BCUT2D eigenvalue weighted by Crippen LogP contribution is -2.48. The van der Waals surface area contributed by atoms with Crippen LogP contribution in [-0.2, 0) is 4.79 Å². The molecule has 0 spiro atoms. The molecule has 1 aliphatic heterocycles. The zero-order valence-electron chi connectivity index (χ0n) is 13.0. The number of fused-ring (bicyclic) bond motifs is 1. The van der Waals surface area contributed by atoms with Crippen LogP contribution in [-0.4, -0.2) is 31.8 Å². The van der Waals surface area contributed by atoms with Gasteiger partial charge in [-0.15, -0.1) is 0 Å². The van der Waals surface area contributed by atoms with Crippen molar-refractivity contribution in [1.82, 2.24) is 0 Å². The lowest BCUT2D eigenvalue weighted by atomic mass is 10.0. The Labute approximate surface area is 130 Å². The van der Waals surface area contributed by atoms with Crippen LogP contribution in [0.25, 0.3) is 5.57 Å². The summed E-state index contributed by atoms with van der Waals surface area (Å²) < 4.78 is 0. The quantitative estimate of drug-likeness (QED) is 0.840. The van der Waals surface area contributed by atoms with Gasteiger partial charge in [0.05, 0.1) is 11.4 Å². The van der Waals surface area contributed by atoms with E-state index in [9.17, 15) is 4.79 Å². The molecule has 1 unspecified atom stereocenters. The Morgan fingerprint density at radius 3 is 2.68 bits per heavy atom. The summed E-state index contributed by atoms with van der Waals surface area (Å²) in [5.41, 5.74) is 9.09. The van der Waals surface area contributed by atoms with E-state index in [0.29, 0.717) is 12.1 Å². The van der Waals surface area contributed by atoms with Crippen molar-refractivity contribution in [3.8, 4) is 0 Å². The molecule has 0 radical (unpaired) electrons. The van der Waals surface area contributed by atoms with Crippen molar-refractivity contribution in [2.75, 3.05) is 23.4 Å². The van der Waals surface area contributed by atoms with E-state index in [-0.39, 0.29) is 17.9 Å². The van der Waals surface area contributed by atoms with Crippen LogP contribution in [0.2, 0.25) is 0 Å². The van der Waals surface area contributed by atoms with Gasteiger partial charge in [-0.2, -0.15) is 0 Å². The first-order valence-electron chi connectivity index (χ1n) is 7.67. The number of carbonyl (C=O) groups is 1. The molecule has 3 N–H and O–H groups in total. The second kappa shape index (κ2) is 5.48. The van der Waals surface area contributed by atoms with Gasteiger partial charge >= 0.3 is 0 Å². The highest BCUT2D eigenvalue weighted by molar-refractivity contribution is 6.09. The first-order chi connectivity index (χ1) is 10.6. The van der Waals surface area contributed by atoms with E-state index in [1.807, 2.05) is 23.1 Å². The van der Waals surface area contributed by atoms with Gasteiger partial charge < -0.3 is 20.9 Å². The standard InChI is InChI=1S/C17H22N4O/c1-11-10-21(17(22)12-3-4-12)16-7-13(14(8-18)9-19)5-6-15(16)20(11)2/h5-9,11-12,18H,3-4,10,19H2,1-2H3/b14-9+,18-8?. The van der Waals surface area contributed by atoms with Crippen molar-refractivity contribution in [2.45, 2.75) is 25.8 Å². The van der Waals surface area contributed by atoms with Gasteiger partial charge in [0.15, 0.2) is 0 Å². The Morgan fingerprint density at radius 1 is 1.36 bits per heavy atom. The minimum atomic E-state index is 0.194. The topological polar surface area (TPSA) is 73.4 Å². The van der Waals surface area contributed by atoms with Crippen molar-refractivity contribution >= 4 is 29.1 Å². The summed E-state index contributed by atoms with van der Waals surface area (Å²) >= 11 is 0. The molecule has 5 heteroatoms. The van der Waals surface area contributed by atoms with Crippen LogP contribution in [0.4, 0.5) is 11.4 Å². The molecule has 0 aromatic heterocycles. The van der Waals surface area contributed by atoms with Gasteiger partial charge in [-0.05, 0) is 37.5 Å². The van der Waals surface area contributed by atoms with Crippen LogP contribution in [0.15, 0.2) is 24.4 Å². The predicted molar refractivity (Wildman–Crippen MR) is 90.3 cm³/mol. The second-order valence-electron chi connectivity index (χ2n) is 6.15. The smallest absolute Gasteiger partial charge is 0.230 e. The lowest BCUT2D eigenvalue weighted by Gasteiger charge is -2.40. The van der Waals surface area contributed by atoms with Gasteiger partial charge in [0.2, 0.25) is 5.91 Å². The molecule has 2 aliphatic rings. The number of likely N-dealkylation sites (N-methyl/N-ethyl adjacent to an activating group) is 1. The number of nitrogens with one attached hydrogen (secondary N) is 1. The van der Waals surface area contributed by atoms with E-state index in [4.69, 9.17) is 11.1 Å². The largest absolute Gasteiger partial charge is 0.404 e. The molecule has 0 saturated heterocycles. The molecule has 1 saturated carbocycles. The van der Waals surface area contributed by atoms with Gasteiger partial charge in [-0.3, -0.25) is 4.79 Å². The molecule has 1 atom stereocenters. The summed E-state index contributed by atoms with van der Waals surface area (Å²) in [6, 6.07) is 6.23. The summed E-state index contributed by atoms with van der Waals surface area (Å²) in [6.45, 7) is 2.83.